The van der Waals surface area contributed by atoms with Gasteiger partial charge in [0.15, 0.2) is 0 Å². The Morgan fingerprint density at radius 3 is 2.79 bits per heavy atom. The molecule has 0 bridgehead atoms. The molecule has 0 spiro atoms. The van der Waals surface area contributed by atoms with Gasteiger partial charge in [-0.25, -0.2) is 0 Å². The number of carbonyl (C=O) groups is 1. The summed E-state index contributed by atoms with van der Waals surface area (Å²) in [7, 11) is 0. The van der Waals surface area contributed by atoms with Gasteiger partial charge < -0.3 is 14.8 Å². The van der Waals surface area contributed by atoms with Crippen LogP contribution in [-0.4, -0.2) is 41.6 Å². The van der Waals surface area contributed by atoms with Gasteiger partial charge in [-0.05, 0) is 45.7 Å². The summed E-state index contributed by atoms with van der Waals surface area (Å²) >= 11 is 0. The van der Waals surface area contributed by atoms with Crippen LogP contribution in [0.25, 0.3) is 0 Å². The molecule has 104 valence electrons. The lowest BCUT2D eigenvalue weighted by molar-refractivity contribution is 0.0765. The van der Waals surface area contributed by atoms with Crippen molar-refractivity contribution in [2.75, 3.05) is 26.2 Å². The fourth-order valence-corrected chi connectivity index (χ4v) is 3.11. The minimum Gasteiger partial charge on any atom is -0.345 e. The zero-order valence-corrected chi connectivity index (χ0v) is 11.9. The average Bonchev–Trinajstić information content (AvgIpc) is 3.19. The highest BCUT2D eigenvalue weighted by atomic mass is 16.2. The molecule has 1 amide bonds. The van der Waals surface area contributed by atoms with Crippen molar-refractivity contribution in [1.82, 2.24) is 14.8 Å². The van der Waals surface area contributed by atoms with Gasteiger partial charge in [-0.2, -0.15) is 0 Å². The van der Waals surface area contributed by atoms with Gasteiger partial charge in [0.25, 0.3) is 5.91 Å². The predicted molar refractivity (Wildman–Crippen MR) is 75.6 cm³/mol. The van der Waals surface area contributed by atoms with Gasteiger partial charge in [0, 0.05) is 37.1 Å². The summed E-state index contributed by atoms with van der Waals surface area (Å²) in [5.74, 6) is 0.212. The van der Waals surface area contributed by atoms with E-state index < -0.39 is 0 Å². The molecule has 0 atom stereocenters. The van der Waals surface area contributed by atoms with E-state index in [0.717, 1.165) is 43.9 Å². The molecule has 2 heterocycles. The fourth-order valence-electron chi connectivity index (χ4n) is 3.11. The van der Waals surface area contributed by atoms with Crippen LogP contribution in [0.3, 0.4) is 0 Å². The molecule has 1 aromatic rings. The normalized spacial score (nSPS) is 20.4. The molecule has 1 aromatic heterocycles. The van der Waals surface area contributed by atoms with Gasteiger partial charge in [-0.1, -0.05) is 0 Å². The molecule has 4 heteroatoms. The molecule has 2 fully saturated rings. The van der Waals surface area contributed by atoms with Crippen LogP contribution in [-0.2, 0) is 0 Å². The Bertz CT molecular complexity index is 480. The number of hydrogen-bond acceptors (Lipinski definition) is 2. The molecule has 2 aliphatic rings. The second-order valence-corrected chi connectivity index (χ2v) is 5.78. The summed E-state index contributed by atoms with van der Waals surface area (Å²) < 4.78 is 2.35. The van der Waals surface area contributed by atoms with Crippen molar-refractivity contribution in [3.8, 4) is 0 Å². The first-order chi connectivity index (χ1) is 9.18. The molecule has 3 rings (SSSR count). The van der Waals surface area contributed by atoms with Gasteiger partial charge in [0.2, 0.25) is 0 Å². The maximum absolute atomic E-state index is 12.7. The van der Waals surface area contributed by atoms with Crippen LogP contribution in [0.5, 0.6) is 0 Å². The van der Waals surface area contributed by atoms with Crippen LogP contribution in [0.1, 0.15) is 47.1 Å². The second-order valence-electron chi connectivity index (χ2n) is 5.78. The number of nitrogens with zero attached hydrogens (tertiary/aromatic N) is 2. The Kier molecular flexibility index (Phi) is 3.35. The Balaban J connectivity index is 1.84. The van der Waals surface area contributed by atoms with E-state index in [9.17, 15) is 4.79 Å². The number of carbonyl (C=O) groups excluding carboxylic acids is 1. The van der Waals surface area contributed by atoms with Crippen LogP contribution in [0.4, 0.5) is 0 Å². The zero-order chi connectivity index (χ0) is 13.4. The number of aromatic nitrogens is 1. The summed E-state index contributed by atoms with van der Waals surface area (Å²) in [6, 6.07) is 2.72. The highest BCUT2D eigenvalue weighted by Gasteiger charge is 2.29. The van der Waals surface area contributed by atoms with Crippen LogP contribution >= 0.6 is 0 Å². The van der Waals surface area contributed by atoms with Crippen molar-refractivity contribution in [2.24, 2.45) is 0 Å². The number of nitrogens with one attached hydrogen (secondary N) is 1. The third kappa shape index (κ3) is 2.41. The first kappa shape index (κ1) is 12.7. The third-order valence-electron chi connectivity index (χ3n) is 4.25. The van der Waals surface area contributed by atoms with Crippen LogP contribution in [0.15, 0.2) is 6.07 Å². The van der Waals surface area contributed by atoms with Gasteiger partial charge in [0.05, 0.1) is 5.56 Å². The van der Waals surface area contributed by atoms with Gasteiger partial charge in [-0.3, -0.25) is 4.79 Å². The summed E-state index contributed by atoms with van der Waals surface area (Å²) in [4.78, 5) is 14.7. The predicted octanol–water partition coefficient (Wildman–Crippen LogP) is 1.88. The molecule has 1 saturated carbocycles. The summed E-state index contributed by atoms with van der Waals surface area (Å²) in [5, 5.41) is 3.34. The smallest absolute Gasteiger partial charge is 0.255 e. The molecule has 0 aromatic carbocycles. The monoisotopic (exact) mass is 261 g/mol. The number of aryl methyl sites for hydroxylation is 1. The van der Waals surface area contributed by atoms with Crippen molar-refractivity contribution in [3.05, 3.63) is 23.0 Å². The van der Waals surface area contributed by atoms with E-state index in [0.29, 0.717) is 6.04 Å². The van der Waals surface area contributed by atoms with Crippen molar-refractivity contribution in [3.63, 3.8) is 0 Å². The van der Waals surface area contributed by atoms with Gasteiger partial charge >= 0.3 is 0 Å². The third-order valence-corrected chi connectivity index (χ3v) is 4.25. The standard InChI is InChI=1S/C15H23N3O/c1-11-10-14(12(2)18(11)13-4-5-13)15(19)17-8-3-6-16-7-9-17/h10,13,16H,3-9H2,1-2H3. The van der Waals surface area contributed by atoms with E-state index in [1.807, 2.05) is 4.90 Å². The Morgan fingerprint density at radius 2 is 2.05 bits per heavy atom. The Labute approximate surface area is 114 Å². The SMILES string of the molecule is Cc1cc(C(=O)N2CCCNCC2)c(C)n1C1CC1. The van der Waals surface area contributed by atoms with Gasteiger partial charge in [-0.15, -0.1) is 0 Å². The van der Waals surface area contributed by atoms with E-state index in [4.69, 9.17) is 0 Å². The molecule has 19 heavy (non-hydrogen) atoms. The fraction of sp³-hybridized carbons (Fsp3) is 0.667. The molecule has 0 radical (unpaired) electrons. The lowest BCUT2D eigenvalue weighted by atomic mass is 10.2. The maximum Gasteiger partial charge on any atom is 0.255 e. The first-order valence-corrected chi connectivity index (χ1v) is 7.37. The largest absolute Gasteiger partial charge is 0.345 e. The zero-order valence-electron chi connectivity index (χ0n) is 11.9. The van der Waals surface area contributed by atoms with Crippen molar-refractivity contribution in [1.29, 1.82) is 0 Å². The Hall–Kier alpha value is -1.29. The maximum atomic E-state index is 12.7. The second kappa shape index (κ2) is 5.00. The molecular weight excluding hydrogens is 238 g/mol. The van der Waals surface area contributed by atoms with E-state index in [1.165, 1.54) is 18.5 Å². The summed E-state index contributed by atoms with van der Waals surface area (Å²) in [6.45, 7) is 7.84. The summed E-state index contributed by atoms with van der Waals surface area (Å²) in [5.41, 5.74) is 3.30. The molecular formula is C15H23N3O. The molecule has 1 N–H and O–H groups in total. The number of amides is 1. The topological polar surface area (TPSA) is 37.3 Å². The Morgan fingerprint density at radius 1 is 1.26 bits per heavy atom. The lowest BCUT2D eigenvalue weighted by Gasteiger charge is -2.20. The minimum absolute atomic E-state index is 0.212. The number of hydrogen-bond donors (Lipinski definition) is 1. The van der Waals surface area contributed by atoms with Crippen molar-refractivity contribution >= 4 is 5.91 Å². The molecule has 1 saturated heterocycles. The quantitative estimate of drug-likeness (QED) is 0.882. The van der Waals surface area contributed by atoms with Crippen LogP contribution in [0.2, 0.25) is 0 Å². The minimum atomic E-state index is 0.212. The average molecular weight is 261 g/mol. The van der Waals surface area contributed by atoms with E-state index in [-0.39, 0.29) is 5.91 Å². The van der Waals surface area contributed by atoms with Crippen LogP contribution < -0.4 is 5.32 Å². The molecule has 0 unspecified atom stereocenters. The number of rotatable bonds is 2. The van der Waals surface area contributed by atoms with E-state index in [1.54, 1.807) is 0 Å². The van der Waals surface area contributed by atoms with Crippen molar-refractivity contribution in [2.45, 2.75) is 39.2 Å². The summed E-state index contributed by atoms with van der Waals surface area (Å²) in [6.07, 6.45) is 3.57. The highest BCUT2D eigenvalue weighted by Crippen LogP contribution is 2.38. The highest BCUT2D eigenvalue weighted by molar-refractivity contribution is 5.95. The lowest BCUT2D eigenvalue weighted by Crippen LogP contribution is -2.34. The van der Waals surface area contributed by atoms with Crippen molar-refractivity contribution < 1.29 is 4.79 Å². The molecule has 4 nitrogen and oxygen atoms in total. The van der Waals surface area contributed by atoms with Crippen LogP contribution in [0, 0.1) is 13.8 Å². The first-order valence-electron chi connectivity index (χ1n) is 7.37. The molecule has 1 aliphatic carbocycles. The van der Waals surface area contributed by atoms with E-state index >= 15 is 0 Å². The molecule has 1 aliphatic heterocycles. The van der Waals surface area contributed by atoms with E-state index in [2.05, 4.69) is 29.8 Å². The van der Waals surface area contributed by atoms with Gasteiger partial charge in [0.1, 0.15) is 0 Å².